The number of nitrogens with zero attached hydrogens (tertiary/aromatic N) is 4. The normalized spacial score (nSPS) is 23.7. The molecule has 0 aliphatic carbocycles. The van der Waals surface area contributed by atoms with Crippen molar-refractivity contribution in [1.29, 1.82) is 5.26 Å². The van der Waals surface area contributed by atoms with Gasteiger partial charge < -0.3 is 29.6 Å². The number of carbonyl (C=O) groups is 2. The quantitative estimate of drug-likeness (QED) is 0.0937. The van der Waals surface area contributed by atoms with E-state index in [0.29, 0.717) is 17.0 Å². The number of aromatic nitrogens is 3. The van der Waals surface area contributed by atoms with Crippen LogP contribution in [0.25, 0.3) is 5.52 Å². The number of esters is 2. The van der Waals surface area contributed by atoms with Crippen LogP contribution >= 0.6 is 19.3 Å². The third-order valence-corrected chi connectivity index (χ3v) is 10.2. The molecule has 3 heterocycles. The van der Waals surface area contributed by atoms with Gasteiger partial charge in [-0.1, -0.05) is 58.1 Å². The zero-order valence-corrected chi connectivity index (χ0v) is 30.4. The molecule has 50 heavy (non-hydrogen) atoms. The van der Waals surface area contributed by atoms with Crippen LogP contribution in [0.2, 0.25) is 5.02 Å². The average molecular weight is 735 g/mol. The highest BCUT2D eigenvalue weighted by molar-refractivity contribution is 7.52. The maximum absolute atomic E-state index is 14.3. The van der Waals surface area contributed by atoms with E-state index in [-0.39, 0.29) is 23.9 Å². The van der Waals surface area contributed by atoms with Gasteiger partial charge in [0.15, 0.2) is 11.9 Å². The molecule has 1 fully saturated rings. The minimum Gasteiger partial charge on any atom is -0.465 e. The third kappa shape index (κ3) is 8.57. The van der Waals surface area contributed by atoms with E-state index in [1.54, 1.807) is 19.9 Å². The fourth-order valence-corrected chi connectivity index (χ4v) is 7.10. The first-order chi connectivity index (χ1) is 23.7. The summed E-state index contributed by atoms with van der Waals surface area (Å²) in [4.78, 5) is 29.7. The Morgan fingerprint density at radius 3 is 2.52 bits per heavy atom. The lowest BCUT2D eigenvalue weighted by Crippen LogP contribution is -2.54. The Kier molecular flexibility index (Phi) is 12.9. The summed E-state index contributed by atoms with van der Waals surface area (Å²) in [6, 6.07) is 9.84. The highest BCUT2D eigenvalue weighted by atomic mass is 35.5. The number of hydrogen-bond acceptors (Lipinski definition) is 13. The predicted octanol–water partition coefficient (Wildman–Crippen LogP) is 5.10. The maximum Gasteiger partial charge on any atom is 0.459 e. The van der Waals surface area contributed by atoms with Crippen LogP contribution in [-0.4, -0.2) is 68.7 Å². The van der Waals surface area contributed by atoms with Gasteiger partial charge >= 0.3 is 19.7 Å². The first kappa shape index (κ1) is 39.0. The van der Waals surface area contributed by atoms with Crippen LogP contribution in [0, 0.1) is 17.2 Å². The molecule has 0 saturated carbocycles. The fourth-order valence-electron chi connectivity index (χ4n) is 5.47. The molecule has 1 aromatic carbocycles. The lowest BCUT2D eigenvalue weighted by Gasteiger charge is -2.34. The van der Waals surface area contributed by atoms with Gasteiger partial charge in [-0.05, 0) is 56.7 Å². The molecular weight excluding hydrogens is 691 g/mol. The van der Waals surface area contributed by atoms with Gasteiger partial charge in [0, 0.05) is 5.02 Å². The van der Waals surface area contributed by atoms with Crippen molar-refractivity contribution in [2.75, 3.05) is 18.9 Å². The van der Waals surface area contributed by atoms with Crippen molar-refractivity contribution >= 4 is 42.6 Å². The van der Waals surface area contributed by atoms with E-state index in [2.05, 4.69) is 22.1 Å². The third-order valence-electron chi connectivity index (χ3n) is 8.29. The monoisotopic (exact) mass is 734 g/mol. The summed E-state index contributed by atoms with van der Waals surface area (Å²) < 4.78 is 44.6. The summed E-state index contributed by atoms with van der Waals surface area (Å²) in [6.07, 6.45) is 3.03. The highest BCUT2D eigenvalue weighted by Gasteiger charge is 2.67. The molecule has 2 aromatic heterocycles. The van der Waals surface area contributed by atoms with Crippen LogP contribution < -0.4 is 15.3 Å². The Labute approximate surface area is 295 Å². The number of unbranched alkanes of at least 4 members (excludes halogenated alkanes) is 4. The molecule has 1 aliphatic heterocycles. The zero-order valence-electron chi connectivity index (χ0n) is 28.7. The Morgan fingerprint density at radius 2 is 1.86 bits per heavy atom. The number of nitrogens with two attached hydrogens (primary N) is 1. The number of hydrogen-bond donors (Lipinski definition) is 3. The van der Waals surface area contributed by atoms with Crippen LogP contribution in [0.1, 0.15) is 72.4 Å². The number of nitrogens with one attached hydrogen (secondary N) is 1. The summed E-state index contributed by atoms with van der Waals surface area (Å²) in [5, 5.41) is 29.9. The first-order valence-electron chi connectivity index (χ1n) is 16.4. The van der Waals surface area contributed by atoms with E-state index >= 15 is 0 Å². The number of anilines is 1. The molecule has 0 amide bonds. The number of nitriles is 1. The largest absolute Gasteiger partial charge is 0.465 e. The van der Waals surface area contributed by atoms with E-state index in [1.807, 2.05) is 6.07 Å². The lowest BCUT2D eigenvalue weighted by atomic mass is 9.80. The molecule has 1 aliphatic rings. The standard InChI is InChI=1S/C33H44ClN6O9P/c1-6-7-8-9-10-17-45-31(42)22(4)39-50(44,49-24-13-11-23(34)12-14-24)46-18-26-28(47-30(41)21(2)3)32(5,43)33(19-35,48-26)27-16-15-25-29(36)37-20-38-40(25)27/h11-16,20-22,26,28,43H,6-10,17-18H2,1-5H3,(H,39,44)(H2,36,37,38). The molecule has 4 N–H and O–H groups in total. The molecular formula is C33H44ClN6O9P. The van der Waals surface area contributed by atoms with Crippen LogP contribution in [0.4, 0.5) is 5.82 Å². The van der Waals surface area contributed by atoms with E-state index in [1.165, 1.54) is 55.0 Å². The van der Waals surface area contributed by atoms with Gasteiger partial charge in [0.05, 0.1) is 24.8 Å². The van der Waals surface area contributed by atoms with E-state index < -0.39 is 61.7 Å². The average Bonchev–Trinajstić information content (AvgIpc) is 3.60. The predicted molar refractivity (Wildman–Crippen MR) is 183 cm³/mol. The minimum absolute atomic E-state index is 0.0620. The van der Waals surface area contributed by atoms with Crippen molar-refractivity contribution in [3.63, 3.8) is 0 Å². The molecule has 272 valence electrons. The molecule has 17 heteroatoms. The molecule has 0 spiro atoms. The topological polar surface area (TPSA) is 210 Å². The number of benzene rings is 1. The number of carbonyl (C=O) groups excluding carboxylic acids is 2. The van der Waals surface area contributed by atoms with Crippen molar-refractivity contribution in [3.8, 4) is 11.8 Å². The van der Waals surface area contributed by atoms with Crippen molar-refractivity contribution in [3.05, 3.63) is 53.4 Å². The van der Waals surface area contributed by atoms with Gasteiger partial charge in [-0.2, -0.15) is 15.4 Å². The SMILES string of the molecule is CCCCCCCOC(=O)C(C)NP(=O)(OCC1OC(C#N)(c2ccc3c(N)ncnn23)C(C)(O)C1OC(=O)C(C)C)Oc1ccc(Cl)cc1. The second-order valence-corrected chi connectivity index (χ2v) is 14.7. The van der Waals surface area contributed by atoms with E-state index in [9.17, 15) is 24.5 Å². The molecule has 15 nitrogen and oxygen atoms in total. The minimum atomic E-state index is -4.47. The second kappa shape index (κ2) is 16.5. The maximum atomic E-state index is 14.3. The van der Waals surface area contributed by atoms with Crippen molar-refractivity contribution < 1.29 is 42.5 Å². The number of aliphatic hydroxyl groups is 1. The molecule has 3 aromatic rings. The summed E-state index contributed by atoms with van der Waals surface area (Å²) in [6.45, 7) is 7.56. The zero-order chi connectivity index (χ0) is 36.7. The van der Waals surface area contributed by atoms with Crippen molar-refractivity contribution in [2.45, 2.75) is 96.2 Å². The van der Waals surface area contributed by atoms with Crippen LogP contribution in [0.3, 0.4) is 0 Å². The van der Waals surface area contributed by atoms with Crippen LogP contribution in [0.5, 0.6) is 5.75 Å². The van der Waals surface area contributed by atoms with Gasteiger partial charge in [0.2, 0.25) is 5.60 Å². The summed E-state index contributed by atoms with van der Waals surface area (Å²) in [5.41, 5.74) is 1.97. The van der Waals surface area contributed by atoms with Gasteiger partial charge in [-0.3, -0.25) is 14.1 Å². The van der Waals surface area contributed by atoms with Crippen LogP contribution in [0.15, 0.2) is 42.7 Å². The number of ether oxygens (including phenoxy) is 3. The van der Waals surface area contributed by atoms with E-state index in [0.717, 1.165) is 25.7 Å². The molecule has 6 atom stereocenters. The molecule has 4 rings (SSSR count). The first-order valence-corrected chi connectivity index (χ1v) is 18.3. The number of fused-ring (bicyclic) bond motifs is 1. The van der Waals surface area contributed by atoms with Crippen molar-refractivity contribution in [1.82, 2.24) is 19.7 Å². The summed E-state index contributed by atoms with van der Waals surface area (Å²) in [7, 11) is -4.47. The Hall–Kier alpha value is -3.77. The lowest BCUT2D eigenvalue weighted by molar-refractivity contribution is -0.168. The van der Waals surface area contributed by atoms with Gasteiger partial charge in [-0.25, -0.2) is 14.1 Å². The van der Waals surface area contributed by atoms with E-state index in [4.69, 9.17) is 40.6 Å². The molecule has 1 saturated heterocycles. The summed E-state index contributed by atoms with van der Waals surface area (Å²) in [5.74, 6) is -1.81. The van der Waals surface area contributed by atoms with Crippen LogP contribution in [-0.2, 0) is 38.5 Å². The highest BCUT2D eigenvalue weighted by Crippen LogP contribution is 2.51. The Balaban J connectivity index is 1.63. The smallest absolute Gasteiger partial charge is 0.459 e. The van der Waals surface area contributed by atoms with Gasteiger partial charge in [-0.15, -0.1) is 0 Å². The number of halogens is 1. The van der Waals surface area contributed by atoms with Gasteiger partial charge in [0.25, 0.3) is 0 Å². The second-order valence-electron chi connectivity index (χ2n) is 12.5. The number of nitrogen functional groups attached to an aromatic ring is 1. The Bertz CT molecular complexity index is 1730. The number of rotatable bonds is 17. The molecule has 0 radical (unpaired) electrons. The molecule has 6 unspecified atom stereocenters. The van der Waals surface area contributed by atoms with Crippen molar-refractivity contribution in [2.24, 2.45) is 5.92 Å². The summed E-state index contributed by atoms with van der Waals surface area (Å²) >= 11 is 6.02. The van der Waals surface area contributed by atoms with Gasteiger partial charge in [0.1, 0.15) is 41.4 Å². The molecule has 0 bridgehead atoms. The fraction of sp³-hybridized carbons (Fsp3) is 0.545. The Morgan fingerprint density at radius 1 is 1.16 bits per heavy atom.